The number of rotatable bonds is 6. The third-order valence-electron chi connectivity index (χ3n) is 5.80. The van der Waals surface area contributed by atoms with Gasteiger partial charge in [-0.15, -0.1) is 0 Å². The number of aromatic nitrogens is 5. The topological polar surface area (TPSA) is 128 Å². The highest BCUT2D eigenvalue weighted by atomic mass is 19.1. The third-order valence-corrected chi connectivity index (χ3v) is 5.80. The molecule has 0 aliphatic carbocycles. The van der Waals surface area contributed by atoms with Crippen LogP contribution in [0.2, 0.25) is 0 Å². The molecule has 1 unspecified atom stereocenters. The second-order valence-electron chi connectivity index (χ2n) is 8.11. The third kappa shape index (κ3) is 3.91. The summed E-state index contributed by atoms with van der Waals surface area (Å²) in [5.41, 5.74) is 0.786. The Labute approximate surface area is 193 Å². The summed E-state index contributed by atoms with van der Waals surface area (Å²) < 4.78 is 20.8. The molecule has 1 aliphatic heterocycles. The number of hydrogen-bond donors (Lipinski definition) is 2. The lowest BCUT2D eigenvalue weighted by Crippen LogP contribution is -2.40. The van der Waals surface area contributed by atoms with Crippen molar-refractivity contribution in [2.45, 2.75) is 19.9 Å². The fraction of sp³-hybridized carbons (Fsp3) is 0.217. The predicted octanol–water partition coefficient (Wildman–Crippen LogP) is 2.65. The van der Waals surface area contributed by atoms with Crippen LogP contribution in [0.4, 0.5) is 10.2 Å². The molecular formula is C23H20FN7O3. The SMILES string of the molecule is CC1(C(=O)Nc2ccnc(-c3cc(-c4ccon4)n(Cc4ccccc4F)n3)n2)CCNC1=O. The first-order valence-corrected chi connectivity index (χ1v) is 10.6. The fourth-order valence-electron chi connectivity index (χ4n) is 3.74. The minimum absolute atomic E-state index is 0.152. The van der Waals surface area contributed by atoms with Crippen molar-refractivity contribution in [2.24, 2.45) is 5.41 Å². The number of anilines is 1. The zero-order valence-electron chi connectivity index (χ0n) is 18.2. The first-order chi connectivity index (χ1) is 16.4. The molecule has 0 saturated carbocycles. The van der Waals surface area contributed by atoms with Crippen LogP contribution in [0.5, 0.6) is 0 Å². The fourth-order valence-corrected chi connectivity index (χ4v) is 3.74. The standard InChI is InChI=1S/C23H20FN7O3/c1-23(8-10-26-21(23)32)22(33)28-19-6-9-25-20(27-19)17-12-18(16-7-11-34-30-16)31(29-17)13-14-4-2-3-5-15(14)24/h2-7,9,11-12H,8,10,13H2,1H3,(H,26,32)(H,25,27,28,33). The van der Waals surface area contributed by atoms with E-state index in [0.717, 1.165) is 0 Å². The molecule has 172 valence electrons. The van der Waals surface area contributed by atoms with Crippen LogP contribution in [0.1, 0.15) is 18.9 Å². The normalized spacial score (nSPS) is 17.5. The van der Waals surface area contributed by atoms with E-state index in [1.165, 1.54) is 24.6 Å². The van der Waals surface area contributed by atoms with Crippen LogP contribution in [0.3, 0.4) is 0 Å². The van der Waals surface area contributed by atoms with Gasteiger partial charge in [-0.1, -0.05) is 23.4 Å². The van der Waals surface area contributed by atoms with Crippen LogP contribution in [0.15, 0.2) is 59.4 Å². The van der Waals surface area contributed by atoms with E-state index in [1.54, 1.807) is 41.9 Å². The summed E-state index contributed by atoms with van der Waals surface area (Å²) in [6.45, 7) is 2.20. The number of nitrogens with zero attached hydrogens (tertiary/aromatic N) is 5. The highest BCUT2D eigenvalue weighted by Crippen LogP contribution is 2.28. The van der Waals surface area contributed by atoms with Crippen molar-refractivity contribution in [1.82, 2.24) is 30.2 Å². The maximum atomic E-state index is 14.3. The van der Waals surface area contributed by atoms with Gasteiger partial charge in [0.05, 0.1) is 12.2 Å². The van der Waals surface area contributed by atoms with Crippen molar-refractivity contribution >= 4 is 17.6 Å². The average molecular weight is 461 g/mol. The van der Waals surface area contributed by atoms with Crippen molar-refractivity contribution in [2.75, 3.05) is 11.9 Å². The molecule has 1 atom stereocenters. The van der Waals surface area contributed by atoms with Gasteiger partial charge in [0, 0.05) is 24.4 Å². The van der Waals surface area contributed by atoms with Gasteiger partial charge in [0.2, 0.25) is 11.8 Å². The van der Waals surface area contributed by atoms with E-state index < -0.39 is 11.3 Å². The molecule has 11 heteroatoms. The number of halogens is 1. The Bertz CT molecular complexity index is 1370. The van der Waals surface area contributed by atoms with Gasteiger partial charge >= 0.3 is 0 Å². The molecule has 1 aromatic carbocycles. The number of carbonyl (C=O) groups excluding carboxylic acids is 2. The van der Waals surface area contributed by atoms with Crippen molar-refractivity contribution < 1.29 is 18.5 Å². The maximum absolute atomic E-state index is 14.3. The summed E-state index contributed by atoms with van der Waals surface area (Å²) in [6.07, 6.45) is 3.32. The molecule has 1 fully saturated rings. The number of nitrogens with one attached hydrogen (secondary N) is 2. The number of benzene rings is 1. The van der Waals surface area contributed by atoms with E-state index in [0.29, 0.717) is 35.6 Å². The largest absolute Gasteiger partial charge is 0.364 e. The number of hydrogen-bond acceptors (Lipinski definition) is 7. The minimum atomic E-state index is -1.16. The van der Waals surface area contributed by atoms with Crippen LogP contribution >= 0.6 is 0 Å². The Morgan fingerprint density at radius 3 is 2.85 bits per heavy atom. The van der Waals surface area contributed by atoms with Gasteiger partial charge in [-0.25, -0.2) is 14.4 Å². The zero-order chi connectivity index (χ0) is 23.7. The Kier molecular flexibility index (Phi) is 5.36. The summed E-state index contributed by atoms with van der Waals surface area (Å²) in [4.78, 5) is 33.5. The van der Waals surface area contributed by atoms with Crippen molar-refractivity contribution in [3.8, 4) is 22.9 Å². The second kappa shape index (κ2) is 8.50. The Balaban J connectivity index is 1.46. The smallest absolute Gasteiger partial charge is 0.241 e. The average Bonchev–Trinajstić information content (AvgIpc) is 3.57. The predicted molar refractivity (Wildman–Crippen MR) is 119 cm³/mol. The molecule has 2 N–H and O–H groups in total. The molecule has 10 nitrogen and oxygen atoms in total. The summed E-state index contributed by atoms with van der Waals surface area (Å²) in [5, 5.41) is 13.9. The van der Waals surface area contributed by atoms with Crippen molar-refractivity contribution in [3.05, 3.63) is 66.3 Å². The van der Waals surface area contributed by atoms with Gasteiger partial charge in [0.25, 0.3) is 0 Å². The highest BCUT2D eigenvalue weighted by molar-refractivity contribution is 6.11. The summed E-state index contributed by atoms with van der Waals surface area (Å²) in [6, 6.07) is 11.3. The van der Waals surface area contributed by atoms with Gasteiger partial charge in [0.1, 0.15) is 34.7 Å². The Hall–Kier alpha value is -4.41. The molecule has 4 heterocycles. The molecule has 2 amide bonds. The van der Waals surface area contributed by atoms with Gasteiger partial charge in [-0.05, 0) is 31.5 Å². The molecule has 1 saturated heterocycles. The van der Waals surface area contributed by atoms with E-state index in [4.69, 9.17) is 4.52 Å². The number of amides is 2. The highest BCUT2D eigenvalue weighted by Gasteiger charge is 2.44. The summed E-state index contributed by atoms with van der Waals surface area (Å²) in [5.74, 6) is -0.626. The summed E-state index contributed by atoms with van der Waals surface area (Å²) in [7, 11) is 0. The molecule has 1 aliphatic rings. The van der Waals surface area contributed by atoms with Crippen molar-refractivity contribution in [3.63, 3.8) is 0 Å². The van der Waals surface area contributed by atoms with Gasteiger partial charge in [-0.2, -0.15) is 5.10 Å². The Morgan fingerprint density at radius 1 is 1.26 bits per heavy atom. The molecule has 0 bridgehead atoms. The first-order valence-electron chi connectivity index (χ1n) is 10.6. The monoisotopic (exact) mass is 461 g/mol. The molecule has 0 radical (unpaired) electrons. The quantitative estimate of drug-likeness (QED) is 0.423. The Morgan fingerprint density at radius 2 is 2.12 bits per heavy atom. The van der Waals surface area contributed by atoms with Crippen LogP contribution in [-0.2, 0) is 16.1 Å². The summed E-state index contributed by atoms with van der Waals surface area (Å²) >= 11 is 0. The molecule has 34 heavy (non-hydrogen) atoms. The molecule has 0 spiro atoms. The lowest BCUT2D eigenvalue weighted by atomic mass is 9.88. The van der Waals surface area contributed by atoms with Gasteiger partial charge in [0.15, 0.2) is 5.82 Å². The van der Waals surface area contributed by atoms with Crippen LogP contribution in [0, 0.1) is 11.2 Å². The van der Waals surface area contributed by atoms with E-state index in [-0.39, 0.29) is 29.9 Å². The molecule has 3 aromatic heterocycles. The molecule has 4 aromatic rings. The lowest BCUT2D eigenvalue weighted by Gasteiger charge is -2.19. The van der Waals surface area contributed by atoms with Crippen LogP contribution < -0.4 is 10.6 Å². The lowest BCUT2D eigenvalue weighted by molar-refractivity contribution is -0.136. The molecular weight excluding hydrogens is 441 g/mol. The second-order valence-corrected chi connectivity index (χ2v) is 8.11. The number of carbonyl (C=O) groups is 2. The van der Waals surface area contributed by atoms with E-state index in [2.05, 4.69) is 30.9 Å². The van der Waals surface area contributed by atoms with Gasteiger partial charge in [-0.3, -0.25) is 14.3 Å². The van der Waals surface area contributed by atoms with E-state index in [9.17, 15) is 14.0 Å². The first kappa shape index (κ1) is 21.4. The van der Waals surface area contributed by atoms with Crippen molar-refractivity contribution in [1.29, 1.82) is 0 Å². The minimum Gasteiger partial charge on any atom is -0.364 e. The maximum Gasteiger partial charge on any atom is 0.241 e. The van der Waals surface area contributed by atoms with Crippen LogP contribution in [-0.4, -0.2) is 43.3 Å². The molecule has 5 rings (SSSR count). The van der Waals surface area contributed by atoms with E-state index >= 15 is 0 Å². The zero-order valence-corrected chi connectivity index (χ0v) is 18.2. The van der Waals surface area contributed by atoms with E-state index in [1.807, 2.05) is 0 Å². The van der Waals surface area contributed by atoms with Gasteiger partial charge < -0.3 is 15.2 Å². The van der Waals surface area contributed by atoms with Crippen LogP contribution in [0.25, 0.3) is 22.9 Å².